The van der Waals surface area contributed by atoms with Crippen LogP contribution < -0.4 is 5.73 Å². The van der Waals surface area contributed by atoms with E-state index in [2.05, 4.69) is 0 Å². The van der Waals surface area contributed by atoms with Crippen molar-refractivity contribution in [3.05, 3.63) is 34.6 Å². The summed E-state index contributed by atoms with van der Waals surface area (Å²) < 4.78 is 13.1. The normalized spacial score (nSPS) is 15.2. The van der Waals surface area contributed by atoms with Gasteiger partial charge in [0.05, 0.1) is 5.02 Å². The molecule has 0 bridgehead atoms. The quantitative estimate of drug-likeness (QED) is 0.824. The minimum Gasteiger partial charge on any atom is -0.325 e. The third-order valence-corrected chi connectivity index (χ3v) is 2.71. The van der Waals surface area contributed by atoms with E-state index < -0.39 is 0 Å². The maximum atomic E-state index is 13.1. The first-order valence-electron chi connectivity index (χ1n) is 4.67. The number of benzene rings is 1. The molecule has 0 saturated carbocycles. The molecule has 0 saturated heterocycles. The van der Waals surface area contributed by atoms with E-state index in [0.29, 0.717) is 6.42 Å². The predicted octanol–water partition coefficient (Wildman–Crippen LogP) is 3.15. The zero-order valence-corrected chi connectivity index (χ0v) is 9.24. The Morgan fingerprint density at radius 3 is 2.64 bits per heavy atom. The fraction of sp³-hybridized carbons (Fsp3) is 0.455. The number of hydrogen-bond donors (Lipinski definition) is 1. The Morgan fingerprint density at radius 1 is 1.50 bits per heavy atom. The van der Waals surface area contributed by atoms with Gasteiger partial charge in [0.2, 0.25) is 0 Å². The van der Waals surface area contributed by atoms with Crippen molar-refractivity contribution in [2.45, 2.75) is 32.2 Å². The molecule has 0 spiro atoms. The number of rotatable bonds is 3. The van der Waals surface area contributed by atoms with Crippen molar-refractivity contribution in [1.29, 1.82) is 0 Å². The van der Waals surface area contributed by atoms with Crippen LogP contribution in [0.5, 0.6) is 0 Å². The molecule has 0 aliphatic carbocycles. The van der Waals surface area contributed by atoms with Crippen LogP contribution in [-0.2, 0) is 6.42 Å². The third kappa shape index (κ3) is 2.96. The van der Waals surface area contributed by atoms with E-state index in [1.807, 2.05) is 19.9 Å². The molecule has 1 unspecified atom stereocenters. The Morgan fingerprint density at radius 2 is 2.14 bits per heavy atom. The van der Waals surface area contributed by atoms with Crippen LogP contribution in [-0.4, -0.2) is 5.54 Å². The zero-order valence-electron chi connectivity index (χ0n) is 8.48. The van der Waals surface area contributed by atoms with Crippen molar-refractivity contribution < 1.29 is 4.39 Å². The highest BCUT2D eigenvalue weighted by atomic mass is 35.5. The van der Waals surface area contributed by atoms with Gasteiger partial charge in [-0.3, -0.25) is 0 Å². The SMILES string of the molecule is CCC(C)(N)Cc1ccc(Cl)c(F)c1. The summed E-state index contributed by atoms with van der Waals surface area (Å²) in [7, 11) is 0. The molecule has 0 radical (unpaired) electrons. The van der Waals surface area contributed by atoms with Gasteiger partial charge < -0.3 is 5.73 Å². The standard InChI is InChI=1S/C11H15ClFN/c1-3-11(2,14)7-8-4-5-9(12)10(13)6-8/h4-6H,3,7,14H2,1-2H3. The monoisotopic (exact) mass is 215 g/mol. The van der Waals surface area contributed by atoms with Crippen molar-refractivity contribution in [3.8, 4) is 0 Å². The average Bonchev–Trinajstić information content (AvgIpc) is 2.11. The molecule has 0 amide bonds. The van der Waals surface area contributed by atoms with Gasteiger partial charge >= 0.3 is 0 Å². The largest absolute Gasteiger partial charge is 0.325 e. The molecule has 3 heteroatoms. The minimum atomic E-state index is -0.379. The highest BCUT2D eigenvalue weighted by Gasteiger charge is 2.16. The molecule has 78 valence electrons. The van der Waals surface area contributed by atoms with Crippen LogP contribution in [0, 0.1) is 5.82 Å². The molecule has 1 atom stereocenters. The minimum absolute atomic E-state index is 0.156. The van der Waals surface area contributed by atoms with Crippen LogP contribution >= 0.6 is 11.6 Å². The summed E-state index contributed by atoms with van der Waals surface area (Å²) in [6.07, 6.45) is 1.52. The van der Waals surface area contributed by atoms with E-state index in [-0.39, 0.29) is 16.4 Å². The first-order valence-corrected chi connectivity index (χ1v) is 5.05. The predicted molar refractivity (Wildman–Crippen MR) is 58.0 cm³/mol. The summed E-state index contributed by atoms with van der Waals surface area (Å²) in [6, 6.07) is 4.83. The molecule has 1 nitrogen and oxygen atoms in total. The Kier molecular flexibility index (Phi) is 3.51. The van der Waals surface area contributed by atoms with Crippen molar-refractivity contribution in [1.82, 2.24) is 0 Å². The molecule has 1 rings (SSSR count). The Hall–Kier alpha value is -0.600. The van der Waals surface area contributed by atoms with Crippen molar-refractivity contribution in [2.75, 3.05) is 0 Å². The number of halogens is 2. The van der Waals surface area contributed by atoms with Crippen molar-refractivity contribution in [3.63, 3.8) is 0 Å². The summed E-state index contributed by atoms with van der Waals surface area (Å²) in [6.45, 7) is 3.98. The molecule has 14 heavy (non-hydrogen) atoms. The second kappa shape index (κ2) is 4.28. The average molecular weight is 216 g/mol. The van der Waals surface area contributed by atoms with Crippen LogP contribution in [0.2, 0.25) is 5.02 Å². The highest BCUT2D eigenvalue weighted by molar-refractivity contribution is 6.30. The molecule has 0 aliphatic heterocycles. The van der Waals surface area contributed by atoms with Crippen LogP contribution in [0.1, 0.15) is 25.8 Å². The summed E-state index contributed by atoms with van der Waals surface area (Å²) >= 11 is 5.58. The van der Waals surface area contributed by atoms with E-state index in [0.717, 1.165) is 12.0 Å². The van der Waals surface area contributed by atoms with Gasteiger partial charge in [-0.25, -0.2) is 4.39 Å². The van der Waals surface area contributed by atoms with Crippen LogP contribution in [0.4, 0.5) is 4.39 Å². The fourth-order valence-corrected chi connectivity index (χ4v) is 1.36. The van der Waals surface area contributed by atoms with E-state index in [1.54, 1.807) is 6.07 Å². The molecular formula is C11H15ClFN. The molecule has 1 aromatic carbocycles. The third-order valence-electron chi connectivity index (χ3n) is 2.40. The first-order chi connectivity index (χ1) is 6.44. The van der Waals surface area contributed by atoms with E-state index >= 15 is 0 Å². The van der Waals surface area contributed by atoms with Gasteiger partial charge in [0.25, 0.3) is 0 Å². The summed E-state index contributed by atoms with van der Waals surface area (Å²) in [5.74, 6) is -0.379. The molecule has 1 aromatic rings. The zero-order chi connectivity index (χ0) is 10.8. The van der Waals surface area contributed by atoms with E-state index in [4.69, 9.17) is 17.3 Å². The van der Waals surface area contributed by atoms with E-state index in [9.17, 15) is 4.39 Å². The summed E-state index contributed by atoms with van der Waals surface area (Å²) in [5, 5.41) is 0.156. The molecule has 2 N–H and O–H groups in total. The lowest BCUT2D eigenvalue weighted by Crippen LogP contribution is -2.37. The maximum Gasteiger partial charge on any atom is 0.142 e. The van der Waals surface area contributed by atoms with Crippen molar-refractivity contribution >= 4 is 11.6 Å². The number of hydrogen-bond acceptors (Lipinski definition) is 1. The van der Waals surface area contributed by atoms with Crippen LogP contribution in [0.15, 0.2) is 18.2 Å². The second-order valence-electron chi connectivity index (χ2n) is 3.93. The maximum absolute atomic E-state index is 13.1. The smallest absolute Gasteiger partial charge is 0.142 e. The van der Waals surface area contributed by atoms with Gasteiger partial charge in [0.1, 0.15) is 5.82 Å². The van der Waals surface area contributed by atoms with Crippen LogP contribution in [0.25, 0.3) is 0 Å². The lowest BCUT2D eigenvalue weighted by molar-refractivity contribution is 0.449. The van der Waals surface area contributed by atoms with Gasteiger partial charge in [-0.15, -0.1) is 0 Å². The Balaban J connectivity index is 2.83. The van der Waals surface area contributed by atoms with E-state index in [1.165, 1.54) is 6.07 Å². The molecule has 0 aromatic heterocycles. The lowest BCUT2D eigenvalue weighted by Gasteiger charge is -2.22. The first kappa shape index (κ1) is 11.5. The highest BCUT2D eigenvalue weighted by Crippen LogP contribution is 2.19. The topological polar surface area (TPSA) is 26.0 Å². The Labute approximate surface area is 89.1 Å². The Bertz CT molecular complexity index is 323. The van der Waals surface area contributed by atoms with Crippen LogP contribution in [0.3, 0.4) is 0 Å². The van der Waals surface area contributed by atoms with Gasteiger partial charge in [-0.2, -0.15) is 0 Å². The molecule has 0 aliphatic rings. The van der Waals surface area contributed by atoms with Gasteiger partial charge in [0, 0.05) is 5.54 Å². The van der Waals surface area contributed by atoms with Crippen molar-refractivity contribution in [2.24, 2.45) is 5.73 Å². The van der Waals surface area contributed by atoms with Gasteiger partial charge in [-0.1, -0.05) is 24.6 Å². The summed E-state index contributed by atoms with van der Waals surface area (Å²) in [4.78, 5) is 0. The molecule has 0 fully saturated rings. The molecular weight excluding hydrogens is 201 g/mol. The molecule has 0 heterocycles. The van der Waals surface area contributed by atoms with Gasteiger partial charge in [0.15, 0.2) is 0 Å². The fourth-order valence-electron chi connectivity index (χ4n) is 1.24. The second-order valence-corrected chi connectivity index (χ2v) is 4.34. The van der Waals surface area contributed by atoms with Gasteiger partial charge in [-0.05, 0) is 37.5 Å². The lowest BCUT2D eigenvalue weighted by atomic mass is 9.91. The summed E-state index contributed by atoms with van der Waals surface area (Å²) in [5.41, 5.74) is 6.59. The number of nitrogens with two attached hydrogens (primary N) is 1.